The average Bonchev–Trinajstić information content (AvgIpc) is 3.17. The summed E-state index contributed by atoms with van der Waals surface area (Å²) in [6.45, 7) is -3.00. The number of halogens is 3. The zero-order chi connectivity index (χ0) is 21.7. The molecule has 0 unspecified atom stereocenters. The van der Waals surface area contributed by atoms with Crippen LogP contribution in [0.2, 0.25) is 0 Å². The lowest BCUT2D eigenvalue weighted by Crippen LogP contribution is -2.30. The molecule has 0 bridgehead atoms. The van der Waals surface area contributed by atoms with Gasteiger partial charge in [0.1, 0.15) is 5.75 Å². The predicted molar refractivity (Wildman–Crippen MR) is 110 cm³/mol. The molecule has 0 radical (unpaired) electrons. The normalized spacial score (nSPS) is 10.7. The first-order chi connectivity index (χ1) is 14.4. The summed E-state index contributed by atoms with van der Waals surface area (Å²) >= 11 is 3.15. The van der Waals surface area contributed by atoms with Crippen molar-refractivity contribution in [1.29, 1.82) is 0 Å². The molecule has 0 saturated carbocycles. The third-order valence-corrected chi connectivity index (χ3v) is 4.65. The van der Waals surface area contributed by atoms with Gasteiger partial charge in [-0.2, -0.15) is 8.78 Å². The lowest BCUT2D eigenvalue weighted by Gasteiger charge is -2.19. The van der Waals surface area contributed by atoms with E-state index in [-0.39, 0.29) is 23.6 Å². The first-order valence-corrected chi connectivity index (χ1v) is 9.59. The molecule has 1 aromatic heterocycles. The van der Waals surface area contributed by atoms with E-state index in [0.29, 0.717) is 15.9 Å². The standard InChI is InChI=1S/C21H17BrF2N2O4/c1-26(20(28)17-10-11-18(22)29-17)15-8-4-3-7-14(15)19(27)25-12-13-6-2-5-9-16(13)30-21(23)24/h2-11,21H,12H2,1H3,(H,25,27). The van der Waals surface area contributed by atoms with E-state index in [1.807, 2.05) is 0 Å². The van der Waals surface area contributed by atoms with Crippen LogP contribution in [-0.4, -0.2) is 25.5 Å². The number of amides is 2. The highest BCUT2D eigenvalue weighted by atomic mass is 79.9. The van der Waals surface area contributed by atoms with Crippen LogP contribution in [-0.2, 0) is 6.54 Å². The molecule has 0 atom stereocenters. The molecular formula is C21H17BrF2N2O4. The van der Waals surface area contributed by atoms with E-state index in [2.05, 4.69) is 26.0 Å². The summed E-state index contributed by atoms with van der Waals surface area (Å²) in [7, 11) is 1.52. The van der Waals surface area contributed by atoms with E-state index in [0.717, 1.165) is 0 Å². The summed E-state index contributed by atoms with van der Waals surface area (Å²) in [5.41, 5.74) is 1.00. The molecule has 0 fully saturated rings. The number of anilines is 1. The van der Waals surface area contributed by atoms with Gasteiger partial charge in [0, 0.05) is 19.2 Å². The third kappa shape index (κ3) is 5.04. The van der Waals surface area contributed by atoms with E-state index in [9.17, 15) is 18.4 Å². The largest absolute Gasteiger partial charge is 0.444 e. The molecule has 2 aromatic carbocycles. The zero-order valence-electron chi connectivity index (χ0n) is 15.8. The van der Waals surface area contributed by atoms with Gasteiger partial charge in [0.25, 0.3) is 11.8 Å². The molecule has 2 amide bonds. The summed E-state index contributed by atoms with van der Waals surface area (Å²) in [6, 6.07) is 15.8. The first-order valence-electron chi connectivity index (χ1n) is 8.80. The van der Waals surface area contributed by atoms with Gasteiger partial charge in [-0.3, -0.25) is 9.59 Å². The van der Waals surface area contributed by atoms with Gasteiger partial charge in [-0.1, -0.05) is 30.3 Å². The molecule has 0 spiro atoms. The fourth-order valence-electron chi connectivity index (χ4n) is 2.79. The number of para-hydroxylation sites is 2. The number of alkyl halides is 2. The monoisotopic (exact) mass is 478 g/mol. The number of carbonyl (C=O) groups excluding carboxylic acids is 2. The lowest BCUT2D eigenvalue weighted by atomic mass is 10.1. The minimum Gasteiger partial charge on any atom is -0.444 e. The van der Waals surface area contributed by atoms with Gasteiger partial charge in [-0.25, -0.2) is 0 Å². The highest BCUT2D eigenvalue weighted by Gasteiger charge is 2.22. The third-order valence-electron chi connectivity index (χ3n) is 4.23. The summed E-state index contributed by atoms with van der Waals surface area (Å²) in [5, 5.41) is 2.67. The van der Waals surface area contributed by atoms with E-state index >= 15 is 0 Å². The summed E-state index contributed by atoms with van der Waals surface area (Å²) < 4.78 is 35.3. The average molecular weight is 479 g/mol. The van der Waals surface area contributed by atoms with Crippen molar-refractivity contribution in [3.63, 3.8) is 0 Å². The topological polar surface area (TPSA) is 71.8 Å². The van der Waals surface area contributed by atoms with Gasteiger partial charge in [0.05, 0.1) is 11.3 Å². The second-order valence-corrected chi connectivity index (χ2v) is 6.94. The number of ether oxygens (including phenoxy) is 1. The molecule has 0 saturated heterocycles. The van der Waals surface area contributed by atoms with Crippen molar-refractivity contribution in [2.24, 2.45) is 0 Å². The second-order valence-electron chi connectivity index (χ2n) is 6.15. The maximum atomic E-state index is 12.8. The molecule has 3 rings (SSSR count). The summed E-state index contributed by atoms with van der Waals surface area (Å²) in [5.74, 6) is -0.816. The number of nitrogens with one attached hydrogen (secondary N) is 1. The van der Waals surface area contributed by atoms with Crippen molar-refractivity contribution in [3.05, 3.63) is 82.2 Å². The van der Waals surface area contributed by atoms with Gasteiger partial charge in [-0.05, 0) is 46.3 Å². The van der Waals surface area contributed by atoms with Crippen LogP contribution in [0.25, 0.3) is 0 Å². The number of hydrogen-bond acceptors (Lipinski definition) is 4. The Bertz CT molecular complexity index is 1050. The van der Waals surface area contributed by atoms with Crippen molar-refractivity contribution in [3.8, 4) is 5.75 Å². The minimum atomic E-state index is -2.97. The Morgan fingerprint density at radius 2 is 1.80 bits per heavy atom. The number of rotatable bonds is 7. The molecule has 9 heteroatoms. The Balaban J connectivity index is 1.77. The lowest BCUT2D eigenvalue weighted by molar-refractivity contribution is -0.0504. The van der Waals surface area contributed by atoms with Gasteiger partial charge < -0.3 is 19.4 Å². The van der Waals surface area contributed by atoms with Crippen LogP contribution < -0.4 is 15.0 Å². The molecule has 3 aromatic rings. The first kappa shape index (κ1) is 21.5. The molecule has 156 valence electrons. The maximum Gasteiger partial charge on any atom is 0.387 e. The minimum absolute atomic E-state index is 0.0169. The number of carbonyl (C=O) groups is 2. The number of furan rings is 1. The fraction of sp³-hybridized carbons (Fsp3) is 0.143. The number of hydrogen-bond donors (Lipinski definition) is 1. The molecule has 0 aliphatic rings. The molecular weight excluding hydrogens is 462 g/mol. The molecule has 30 heavy (non-hydrogen) atoms. The molecule has 1 heterocycles. The van der Waals surface area contributed by atoms with E-state index in [4.69, 9.17) is 4.42 Å². The van der Waals surface area contributed by atoms with Crippen LogP contribution in [0.3, 0.4) is 0 Å². The summed E-state index contributed by atoms with van der Waals surface area (Å²) in [6.07, 6.45) is 0. The van der Waals surface area contributed by atoms with Gasteiger partial charge in [-0.15, -0.1) is 0 Å². The van der Waals surface area contributed by atoms with Crippen LogP contribution >= 0.6 is 15.9 Å². The Morgan fingerprint density at radius 3 is 2.50 bits per heavy atom. The quantitative estimate of drug-likeness (QED) is 0.526. The SMILES string of the molecule is CN(C(=O)c1ccc(Br)o1)c1ccccc1C(=O)NCc1ccccc1OC(F)F. The van der Waals surface area contributed by atoms with Gasteiger partial charge >= 0.3 is 6.61 Å². The smallest absolute Gasteiger partial charge is 0.387 e. The number of nitrogens with zero attached hydrogens (tertiary/aromatic N) is 1. The van der Waals surface area contributed by atoms with Crippen LogP contribution in [0.15, 0.2) is 69.8 Å². The molecule has 0 aliphatic carbocycles. The predicted octanol–water partition coefficient (Wildman–Crippen LogP) is 4.85. The van der Waals surface area contributed by atoms with Crippen molar-refractivity contribution < 1.29 is 27.5 Å². The van der Waals surface area contributed by atoms with Crippen LogP contribution in [0.4, 0.5) is 14.5 Å². The van der Waals surface area contributed by atoms with Crippen molar-refractivity contribution >= 4 is 33.4 Å². The second kappa shape index (κ2) is 9.53. The Hall–Kier alpha value is -3.20. The van der Waals surface area contributed by atoms with Crippen LogP contribution in [0.1, 0.15) is 26.5 Å². The van der Waals surface area contributed by atoms with Gasteiger partial charge in [0.15, 0.2) is 10.4 Å². The Kier molecular flexibility index (Phi) is 6.83. The molecule has 0 aliphatic heterocycles. The van der Waals surface area contributed by atoms with E-state index in [1.54, 1.807) is 48.5 Å². The number of benzene rings is 2. The fourth-order valence-corrected chi connectivity index (χ4v) is 3.10. The van der Waals surface area contributed by atoms with Crippen molar-refractivity contribution in [2.75, 3.05) is 11.9 Å². The highest BCUT2D eigenvalue weighted by molar-refractivity contribution is 9.10. The Morgan fingerprint density at radius 1 is 1.10 bits per heavy atom. The zero-order valence-corrected chi connectivity index (χ0v) is 17.4. The maximum absolute atomic E-state index is 12.8. The summed E-state index contributed by atoms with van der Waals surface area (Å²) in [4.78, 5) is 26.7. The Labute approximate surface area is 179 Å². The van der Waals surface area contributed by atoms with Crippen LogP contribution in [0.5, 0.6) is 5.75 Å². The van der Waals surface area contributed by atoms with Crippen molar-refractivity contribution in [2.45, 2.75) is 13.2 Å². The van der Waals surface area contributed by atoms with Crippen LogP contribution in [0, 0.1) is 0 Å². The van der Waals surface area contributed by atoms with E-state index < -0.39 is 18.4 Å². The van der Waals surface area contributed by atoms with Gasteiger partial charge in [0.2, 0.25) is 0 Å². The molecule has 1 N–H and O–H groups in total. The van der Waals surface area contributed by atoms with Crippen molar-refractivity contribution in [1.82, 2.24) is 5.32 Å². The molecule has 6 nitrogen and oxygen atoms in total. The highest BCUT2D eigenvalue weighted by Crippen LogP contribution is 2.24. The van der Waals surface area contributed by atoms with E-state index in [1.165, 1.54) is 24.1 Å².